The second-order valence-corrected chi connectivity index (χ2v) is 12.1. The minimum absolute atomic E-state index is 0.0726. The lowest BCUT2D eigenvalue weighted by Gasteiger charge is -2.06. The summed E-state index contributed by atoms with van der Waals surface area (Å²) < 4.78 is 5.30. The van der Waals surface area contributed by atoms with Crippen molar-refractivity contribution in [3.63, 3.8) is 0 Å². The van der Waals surface area contributed by atoms with E-state index in [1.807, 2.05) is 54.6 Å². The van der Waals surface area contributed by atoms with E-state index in [1.165, 1.54) is 51.4 Å². The van der Waals surface area contributed by atoms with E-state index in [1.54, 1.807) is 41.9 Å². The number of carboxylic acids is 1. The molecule has 2 aromatic carbocycles. The van der Waals surface area contributed by atoms with Gasteiger partial charge < -0.3 is 15.2 Å². The van der Waals surface area contributed by atoms with Crippen molar-refractivity contribution in [3.05, 3.63) is 84.7 Å². The third-order valence-electron chi connectivity index (χ3n) is 7.46. The molecule has 7 nitrogen and oxygen atoms in total. The number of hydrogen-bond donors (Lipinski definition) is 2. The molecule has 0 bridgehead atoms. The Bertz CT molecular complexity index is 1500. The zero-order chi connectivity index (χ0) is 31.7. The van der Waals surface area contributed by atoms with Crippen molar-refractivity contribution in [2.75, 3.05) is 13.2 Å². The summed E-state index contributed by atoms with van der Waals surface area (Å²) in [4.78, 5) is 33.4. The van der Waals surface area contributed by atoms with Gasteiger partial charge in [0.1, 0.15) is 10.8 Å². The fourth-order valence-corrected chi connectivity index (χ4v) is 6.06. The molecule has 2 heterocycles. The van der Waals surface area contributed by atoms with Gasteiger partial charge in [-0.2, -0.15) is 0 Å². The fourth-order valence-electron chi connectivity index (χ4n) is 4.98. The van der Waals surface area contributed by atoms with E-state index in [-0.39, 0.29) is 5.91 Å². The number of benzene rings is 2. The standard InChI is InChI=1S/C37H43N3O4S/c1-2-3-4-5-6-7-8-9-10-11-25-39-33(41)23-16-28-14-17-30(18-15-28)36-35(40-37(45-36)31-13-12-24-38-26-31)29-19-21-32(22-20-29)44-27-34(42)43/h12-24,26H,2-11,25,27H2,1H3,(H,39,41)(H,42,43)/b23-16+. The van der Waals surface area contributed by atoms with Crippen molar-refractivity contribution in [2.24, 2.45) is 0 Å². The van der Waals surface area contributed by atoms with Crippen molar-refractivity contribution < 1.29 is 19.4 Å². The first-order valence-corrected chi connectivity index (χ1v) is 16.8. The van der Waals surface area contributed by atoms with E-state index in [9.17, 15) is 9.59 Å². The molecule has 0 atom stereocenters. The van der Waals surface area contributed by atoms with Gasteiger partial charge in [0, 0.05) is 36.1 Å². The molecule has 1 amide bonds. The highest BCUT2D eigenvalue weighted by Crippen LogP contribution is 2.41. The number of amides is 1. The van der Waals surface area contributed by atoms with Crippen molar-refractivity contribution in [1.82, 2.24) is 15.3 Å². The molecule has 2 N–H and O–H groups in total. The molecule has 0 radical (unpaired) electrons. The molecule has 0 fully saturated rings. The summed E-state index contributed by atoms with van der Waals surface area (Å²) in [7, 11) is 0. The zero-order valence-corrected chi connectivity index (χ0v) is 26.9. The average Bonchev–Trinajstić information content (AvgIpc) is 3.52. The summed E-state index contributed by atoms with van der Waals surface area (Å²) >= 11 is 1.58. The lowest BCUT2D eigenvalue weighted by atomic mass is 10.0. The normalized spacial score (nSPS) is 11.1. The molecule has 0 saturated heterocycles. The Morgan fingerprint density at radius 2 is 1.51 bits per heavy atom. The summed E-state index contributed by atoms with van der Waals surface area (Å²) in [5, 5.41) is 12.7. The van der Waals surface area contributed by atoms with Gasteiger partial charge in [-0.3, -0.25) is 9.78 Å². The molecule has 0 spiro atoms. The van der Waals surface area contributed by atoms with Crippen molar-refractivity contribution >= 4 is 29.3 Å². The van der Waals surface area contributed by atoms with Gasteiger partial charge >= 0.3 is 5.97 Å². The first-order valence-electron chi connectivity index (χ1n) is 16.0. The minimum atomic E-state index is -1.02. The summed E-state index contributed by atoms with van der Waals surface area (Å²) in [5.74, 6) is -0.615. The maximum Gasteiger partial charge on any atom is 0.341 e. The van der Waals surface area contributed by atoms with Crippen LogP contribution >= 0.6 is 11.3 Å². The van der Waals surface area contributed by atoms with Crippen LogP contribution < -0.4 is 10.1 Å². The zero-order valence-electron chi connectivity index (χ0n) is 26.0. The summed E-state index contributed by atoms with van der Waals surface area (Å²) in [5.41, 5.74) is 4.58. The van der Waals surface area contributed by atoms with Crippen LogP contribution in [0.3, 0.4) is 0 Å². The Morgan fingerprint density at radius 1 is 0.844 bits per heavy atom. The number of hydrogen-bond acceptors (Lipinski definition) is 6. The third-order valence-corrected chi connectivity index (χ3v) is 8.61. The summed E-state index contributed by atoms with van der Waals surface area (Å²) in [6.45, 7) is 2.56. The predicted molar refractivity (Wildman–Crippen MR) is 183 cm³/mol. The second kappa shape index (κ2) is 18.5. The first kappa shape index (κ1) is 33.6. The Kier molecular flexibility index (Phi) is 13.8. The van der Waals surface area contributed by atoms with Gasteiger partial charge in [-0.15, -0.1) is 11.3 Å². The maximum absolute atomic E-state index is 12.4. The Labute approximate surface area is 270 Å². The highest BCUT2D eigenvalue weighted by atomic mass is 32.1. The van der Waals surface area contributed by atoms with Crippen LogP contribution in [0.2, 0.25) is 0 Å². The van der Waals surface area contributed by atoms with E-state index < -0.39 is 12.6 Å². The van der Waals surface area contributed by atoms with Gasteiger partial charge in [-0.25, -0.2) is 9.78 Å². The SMILES string of the molecule is CCCCCCCCCCCCNC(=O)/C=C/c1ccc(-c2sc(-c3cccnc3)nc2-c2ccc(OCC(=O)O)cc2)cc1. The van der Waals surface area contributed by atoms with Crippen molar-refractivity contribution in [3.8, 4) is 38.0 Å². The molecule has 8 heteroatoms. The smallest absolute Gasteiger partial charge is 0.341 e. The van der Waals surface area contributed by atoms with Crippen molar-refractivity contribution in [2.45, 2.75) is 71.1 Å². The molecule has 0 unspecified atom stereocenters. The molecule has 4 aromatic rings. The number of carboxylic acid groups (broad SMARTS) is 1. The summed E-state index contributed by atoms with van der Waals surface area (Å²) in [6, 6.07) is 19.2. The predicted octanol–water partition coefficient (Wildman–Crippen LogP) is 9.05. The number of thiazole rings is 1. The van der Waals surface area contributed by atoms with E-state index >= 15 is 0 Å². The quantitative estimate of drug-likeness (QED) is 0.0796. The highest BCUT2D eigenvalue weighted by molar-refractivity contribution is 7.19. The number of nitrogens with zero attached hydrogens (tertiary/aromatic N) is 2. The van der Waals surface area contributed by atoms with Crippen LogP contribution in [0.4, 0.5) is 0 Å². The highest BCUT2D eigenvalue weighted by Gasteiger charge is 2.16. The van der Waals surface area contributed by atoms with Crippen LogP contribution in [-0.2, 0) is 9.59 Å². The van der Waals surface area contributed by atoms with Crippen LogP contribution in [-0.4, -0.2) is 40.1 Å². The van der Waals surface area contributed by atoms with Gasteiger partial charge in [-0.05, 0) is 60.0 Å². The average molecular weight is 626 g/mol. The monoisotopic (exact) mass is 625 g/mol. The van der Waals surface area contributed by atoms with Crippen LogP contribution in [0.15, 0.2) is 79.1 Å². The third kappa shape index (κ3) is 11.3. The molecule has 2 aromatic heterocycles. The summed E-state index contributed by atoms with van der Waals surface area (Å²) in [6.07, 6.45) is 19.7. The van der Waals surface area contributed by atoms with Crippen LogP contribution in [0, 0.1) is 0 Å². The molecule has 0 aliphatic heterocycles. The van der Waals surface area contributed by atoms with Gasteiger partial charge in [-0.1, -0.05) is 89.0 Å². The lowest BCUT2D eigenvalue weighted by molar-refractivity contribution is -0.139. The minimum Gasteiger partial charge on any atom is -0.482 e. The number of ether oxygens (including phenoxy) is 1. The van der Waals surface area contributed by atoms with Crippen LogP contribution in [0.5, 0.6) is 5.75 Å². The number of carbonyl (C=O) groups is 2. The van der Waals surface area contributed by atoms with Crippen LogP contribution in [0.25, 0.3) is 38.3 Å². The fraction of sp³-hybridized carbons (Fsp3) is 0.351. The Hall–Kier alpha value is -4.30. The topological polar surface area (TPSA) is 101 Å². The Morgan fingerprint density at radius 3 is 2.16 bits per heavy atom. The van der Waals surface area contributed by atoms with Crippen LogP contribution in [0.1, 0.15) is 76.7 Å². The molecule has 45 heavy (non-hydrogen) atoms. The molecule has 0 aliphatic rings. The Balaban J connectivity index is 1.33. The number of carbonyl (C=O) groups excluding carboxylic acids is 1. The van der Waals surface area contributed by atoms with Gasteiger partial charge in [0.2, 0.25) is 5.91 Å². The van der Waals surface area contributed by atoms with Gasteiger partial charge in [0.25, 0.3) is 0 Å². The van der Waals surface area contributed by atoms with E-state index in [2.05, 4.69) is 17.2 Å². The maximum atomic E-state index is 12.4. The first-order chi connectivity index (χ1) is 22.0. The van der Waals surface area contributed by atoms with Gasteiger partial charge in [0.15, 0.2) is 6.61 Å². The number of aromatic nitrogens is 2. The molecular formula is C37H43N3O4S. The number of nitrogens with one attached hydrogen (secondary N) is 1. The largest absolute Gasteiger partial charge is 0.482 e. The number of aliphatic carboxylic acids is 1. The molecule has 4 rings (SSSR count). The molecular weight excluding hydrogens is 582 g/mol. The van der Waals surface area contributed by atoms with E-state index in [0.29, 0.717) is 12.3 Å². The van der Waals surface area contributed by atoms with E-state index in [4.69, 9.17) is 14.8 Å². The molecule has 0 saturated carbocycles. The lowest BCUT2D eigenvalue weighted by Crippen LogP contribution is -2.21. The second-order valence-electron chi connectivity index (χ2n) is 11.1. The van der Waals surface area contributed by atoms with Gasteiger partial charge in [0.05, 0.1) is 10.6 Å². The number of unbranched alkanes of at least 4 members (excludes halogenated alkanes) is 9. The van der Waals surface area contributed by atoms with Crippen molar-refractivity contribution in [1.29, 1.82) is 0 Å². The molecule has 236 valence electrons. The number of rotatable bonds is 19. The number of pyridine rings is 1. The molecule has 0 aliphatic carbocycles. The van der Waals surface area contributed by atoms with E-state index in [0.717, 1.165) is 50.7 Å².